The summed E-state index contributed by atoms with van der Waals surface area (Å²) in [4.78, 5) is 22.9. The molecule has 1 aromatic heterocycles. The molecule has 0 aliphatic carbocycles. The molecule has 0 saturated carbocycles. The quantitative estimate of drug-likeness (QED) is 0.302. The minimum Gasteiger partial charge on any atom is -0.485 e. The third-order valence-electron chi connectivity index (χ3n) is 4.73. The van der Waals surface area contributed by atoms with Gasteiger partial charge < -0.3 is 14.6 Å². The summed E-state index contributed by atoms with van der Waals surface area (Å²) < 4.78 is 7.81. The number of benzene rings is 2. The van der Waals surface area contributed by atoms with Crippen LogP contribution in [0.4, 0.5) is 11.4 Å². The monoisotopic (exact) mass is 441 g/mol. The van der Waals surface area contributed by atoms with Crippen LogP contribution in [-0.2, 0) is 17.9 Å². The molecule has 0 unspecified atom stereocenters. The average Bonchev–Trinajstić information content (AvgIpc) is 3.15. The number of nitrogens with zero attached hydrogens (tertiary/aromatic N) is 4. The van der Waals surface area contributed by atoms with Crippen LogP contribution >= 0.6 is 11.8 Å². The van der Waals surface area contributed by atoms with Crippen LogP contribution in [0.25, 0.3) is 0 Å². The van der Waals surface area contributed by atoms with Crippen LogP contribution in [0.2, 0.25) is 0 Å². The molecule has 0 bridgehead atoms. The Bertz CT molecular complexity index is 1100. The van der Waals surface area contributed by atoms with E-state index in [9.17, 15) is 14.9 Å². The van der Waals surface area contributed by atoms with E-state index in [1.165, 1.54) is 23.9 Å². The molecule has 1 N–H and O–H groups in total. The minimum absolute atomic E-state index is 0.0437. The Labute approximate surface area is 184 Å². The van der Waals surface area contributed by atoms with E-state index in [1.807, 2.05) is 43.5 Å². The molecule has 31 heavy (non-hydrogen) atoms. The minimum atomic E-state index is -0.529. The highest BCUT2D eigenvalue weighted by Crippen LogP contribution is 2.25. The second kappa shape index (κ2) is 10.1. The predicted molar refractivity (Wildman–Crippen MR) is 118 cm³/mol. The number of carbonyl (C=O) groups is 1. The molecular formula is C21H23N5O4S. The summed E-state index contributed by atoms with van der Waals surface area (Å²) in [6.45, 7) is 6.87. The lowest BCUT2D eigenvalue weighted by molar-refractivity contribution is -0.383. The van der Waals surface area contributed by atoms with Gasteiger partial charge in [0.15, 0.2) is 11.0 Å². The molecule has 1 amide bonds. The van der Waals surface area contributed by atoms with E-state index in [-0.39, 0.29) is 29.6 Å². The SMILES string of the molecule is CCn1c(COc2cccc(C)c2C)nnc1SCC(=O)Nc1ccccc1[N+](=O)[O-]. The number of nitro groups is 1. The van der Waals surface area contributed by atoms with Gasteiger partial charge in [0.2, 0.25) is 5.91 Å². The standard InChI is InChI=1S/C21H23N5O4S/c1-4-25-19(12-30-18-11-7-8-14(2)15(18)3)23-24-21(25)31-13-20(27)22-16-9-5-6-10-17(16)26(28)29/h5-11H,4,12-13H2,1-3H3,(H,22,27). The van der Waals surface area contributed by atoms with Gasteiger partial charge in [0.25, 0.3) is 5.69 Å². The van der Waals surface area contributed by atoms with E-state index < -0.39 is 4.92 Å². The Morgan fingerprint density at radius 1 is 1.19 bits per heavy atom. The first kappa shape index (κ1) is 22.3. The zero-order valence-corrected chi connectivity index (χ0v) is 18.3. The second-order valence-corrected chi connectivity index (χ2v) is 7.68. The van der Waals surface area contributed by atoms with E-state index >= 15 is 0 Å². The van der Waals surface area contributed by atoms with Crippen LogP contribution in [0.15, 0.2) is 47.6 Å². The normalized spacial score (nSPS) is 10.7. The number of hydrogen-bond donors (Lipinski definition) is 1. The molecule has 9 nitrogen and oxygen atoms in total. The highest BCUT2D eigenvalue weighted by molar-refractivity contribution is 7.99. The van der Waals surface area contributed by atoms with Gasteiger partial charge in [-0.1, -0.05) is 36.0 Å². The number of ether oxygens (including phenoxy) is 1. The van der Waals surface area contributed by atoms with Crippen molar-refractivity contribution in [2.24, 2.45) is 0 Å². The molecule has 0 spiro atoms. The summed E-state index contributed by atoms with van der Waals surface area (Å²) in [6, 6.07) is 11.9. The summed E-state index contributed by atoms with van der Waals surface area (Å²) in [5.41, 5.74) is 2.24. The summed E-state index contributed by atoms with van der Waals surface area (Å²) in [7, 11) is 0. The van der Waals surface area contributed by atoms with Gasteiger partial charge in [-0.2, -0.15) is 0 Å². The first-order valence-electron chi connectivity index (χ1n) is 9.67. The van der Waals surface area contributed by atoms with E-state index in [4.69, 9.17) is 4.74 Å². The molecular weight excluding hydrogens is 418 g/mol. The molecule has 0 atom stereocenters. The zero-order valence-electron chi connectivity index (χ0n) is 17.5. The lowest BCUT2D eigenvalue weighted by Crippen LogP contribution is -2.16. The van der Waals surface area contributed by atoms with Gasteiger partial charge in [0, 0.05) is 12.6 Å². The van der Waals surface area contributed by atoms with Crippen LogP contribution in [-0.4, -0.2) is 31.3 Å². The fourth-order valence-electron chi connectivity index (χ4n) is 2.93. The van der Waals surface area contributed by atoms with Crippen molar-refractivity contribution in [1.29, 1.82) is 0 Å². The highest BCUT2D eigenvalue weighted by Gasteiger charge is 2.17. The molecule has 0 aliphatic heterocycles. The number of amides is 1. The van der Waals surface area contributed by atoms with Crippen molar-refractivity contribution in [2.45, 2.75) is 39.1 Å². The van der Waals surface area contributed by atoms with Crippen molar-refractivity contribution in [1.82, 2.24) is 14.8 Å². The van der Waals surface area contributed by atoms with Crippen molar-refractivity contribution in [3.63, 3.8) is 0 Å². The topological polar surface area (TPSA) is 112 Å². The summed E-state index contributed by atoms with van der Waals surface area (Å²) >= 11 is 1.21. The molecule has 162 valence electrons. The van der Waals surface area contributed by atoms with Gasteiger partial charge in [0.1, 0.15) is 18.0 Å². The molecule has 3 rings (SSSR count). The van der Waals surface area contributed by atoms with Crippen LogP contribution in [0.3, 0.4) is 0 Å². The molecule has 0 fully saturated rings. The Hall–Kier alpha value is -3.40. The van der Waals surface area contributed by atoms with Crippen molar-refractivity contribution in [3.8, 4) is 5.75 Å². The van der Waals surface area contributed by atoms with E-state index in [0.717, 1.165) is 16.9 Å². The van der Waals surface area contributed by atoms with Crippen LogP contribution in [0, 0.1) is 24.0 Å². The van der Waals surface area contributed by atoms with Gasteiger partial charge in [-0.25, -0.2) is 0 Å². The first-order chi connectivity index (χ1) is 14.9. The summed E-state index contributed by atoms with van der Waals surface area (Å²) in [5, 5.41) is 22.6. The number of rotatable bonds is 9. The van der Waals surface area contributed by atoms with E-state index in [0.29, 0.717) is 17.5 Å². The fraction of sp³-hybridized carbons (Fsp3) is 0.286. The zero-order chi connectivity index (χ0) is 22.4. The number of anilines is 1. The number of thioether (sulfide) groups is 1. The second-order valence-electron chi connectivity index (χ2n) is 6.74. The largest absolute Gasteiger partial charge is 0.485 e. The molecule has 1 heterocycles. The van der Waals surface area contributed by atoms with Gasteiger partial charge >= 0.3 is 0 Å². The van der Waals surface area contributed by atoms with Gasteiger partial charge in [-0.15, -0.1) is 10.2 Å². The Morgan fingerprint density at radius 2 is 1.97 bits per heavy atom. The predicted octanol–water partition coefficient (Wildman–Crippen LogP) is 4.13. The lowest BCUT2D eigenvalue weighted by atomic mass is 10.1. The number of carbonyl (C=O) groups excluding carboxylic acids is 1. The number of nitrogens with one attached hydrogen (secondary N) is 1. The highest BCUT2D eigenvalue weighted by atomic mass is 32.2. The van der Waals surface area contributed by atoms with Crippen LogP contribution in [0.1, 0.15) is 23.9 Å². The average molecular weight is 442 g/mol. The van der Waals surface area contributed by atoms with Crippen molar-refractivity contribution in [2.75, 3.05) is 11.1 Å². The van der Waals surface area contributed by atoms with Gasteiger partial charge in [-0.3, -0.25) is 14.9 Å². The Kier molecular flexibility index (Phi) is 7.24. The van der Waals surface area contributed by atoms with Crippen molar-refractivity contribution < 1.29 is 14.5 Å². The summed E-state index contributed by atoms with van der Waals surface area (Å²) in [6.07, 6.45) is 0. The van der Waals surface area contributed by atoms with E-state index in [1.54, 1.807) is 12.1 Å². The first-order valence-corrected chi connectivity index (χ1v) is 10.7. The third-order valence-corrected chi connectivity index (χ3v) is 5.70. The van der Waals surface area contributed by atoms with Crippen molar-refractivity contribution in [3.05, 3.63) is 69.5 Å². The van der Waals surface area contributed by atoms with E-state index in [2.05, 4.69) is 15.5 Å². The summed E-state index contributed by atoms with van der Waals surface area (Å²) in [5.74, 6) is 1.13. The molecule has 10 heteroatoms. The molecule has 0 radical (unpaired) electrons. The van der Waals surface area contributed by atoms with Crippen LogP contribution in [0.5, 0.6) is 5.75 Å². The maximum absolute atomic E-state index is 12.3. The fourth-order valence-corrected chi connectivity index (χ4v) is 3.75. The number of para-hydroxylation sites is 2. The van der Waals surface area contributed by atoms with Crippen LogP contribution < -0.4 is 10.1 Å². The third kappa shape index (κ3) is 5.40. The Balaban J connectivity index is 1.62. The number of aromatic nitrogens is 3. The lowest BCUT2D eigenvalue weighted by Gasteiger charge is -2.11. The van der Waals surface area contributed by atoms with Crippen molar-refractivity contribution >= 4 is 29.0 Å². The molecule has 0 aliphatic rings. The number of hydrogen-bond acceptors (Lipinski definition) is 7. The maximum atomic E-state index is 12.3. The molecule has 0 saturated heterocycles. The van der Waals surface area contributed by atoms with Gasteiger partial charge in [0.05, 0.1) is 10.7 Å². The smallest absolute Gasteiger partial charge is 0.292 e. The maximum Gasteiger partial charge on any atom is 0.292 e. The number of aryl methyl sites for hydroxylation is 1. The van der Waals surface area contributed by atoms with Gasteiger partial charge in [-0.05, 0) is 44.0 Å². The number of nitro benzene ring substituents is 1. The Morgan fingerprint density at radius 3 is 2.71 bits per heavy atom. The molecule has 2 aromatic carbocycles. The molecule has 3 aromatic rings.